The number of nitrogens with zero attached hydrogens (tertiary/aromatic N) is 3. The fourth-order valence-electron chi connectivity index (χ4n) is 2.80. The van der Waals surface area contributed by atoms with Crippen LogP contribution < -0.4 is 15.4 Å². The van der Waals surface area contributed by atoms with E-state index in [9.17, 15) is 10.1 Å². The van der Waals surface area contributed by atoms with Gasteiger partial charge in [-0.3, -0.25) is 10.1 Å². The standard InChI is InChI=1S/C21H23N5O3/c1-4-29-18-8-6-5-7-17(18)25-21-19(26(27)28)20(22-13-23-21)24-16-11-9-15(10-12-16)14(2)3/h5-14H,4H2,1-3H3,(H2,22,23,24,25). The van der Waals surface area contributed by atoms with E-state index in [1.54, 1.807) is 12.1 Å². The Morgan fingerprint density at radius 1 is 1.03 bits per heavy atom. The number of ether oxygens (including phenoxy) is 1. The molecular formula is C21H23N5O3. The second-order valence-corrected chi connectivity index (χ2v) is 6.63. The van der Waals surface area contributed by atoms with Crippen LogP contribution >= 0.6 is 0 Å². The van der Waals surface area contributed by atoms with Gasteiger partial charge in [-0.15, -0.1) is 0 Å². The van der Waals surface area contributed by atoms with Gasteiger partial charge in [0.25, 0.3) is 0 Å². The summed E-state index contributed by atoms with van der Waals surface area (Å²) in [6, 6.07) is 14.9. The SMILES string of the molecule is CCOc1ccccc1Nc1ncnc(Nc2ccc(C(C)C)cc2)c1[N+](=O)[O-]. The number of hydrogen-bond acceptors (Lipinski definition) is 7. The molecule has 1 heterocycles. The average molecular weight is 393 g/mol. The molecular weight excluding hydrogens is 370 g/mol. The molecule has 2 N–H and O–H groups in total. The number of aromatic nitrogens is 2. The first-order valence-electron chi connectivity index (χ1n) is 9.34. The summed E-state index contributed by atoms with van der Waals surface area (Å²) in [5.41, 5.74) is 2.23. The molecule has 8 heteroatoms. The van der Waals surface area contributed by atoms with Crippen LogP contribution in [0.15, 0.2) is 54.9 Å². The maximum Gasteiger partial charge on any atom is 0.353 e. The summed E-state index contributed by atoms with van der Waals surface area (Å²) < 4.78 is 5.57. The normalized spacial score (nSPS) is 10.6. The third-order valence-electron chi connectivity index (χ3n) is 4.28. The Labute approximate surface area is 169 Å². The van der Waals surface area contributed by atoms with Crippen LogP contribution in [-0.4, -0.2) is 21.5 Å². The highest BCUT2D eigenvalue weighted by Crippen LogP contribution is 2.35. The van der Waals surface area contributed by atoms with E-state index in [0.29, 0.717) is 29.6 Å². The highest BCUT2D eigenvalue weighted by atomic mass is 16.6. The summed E-state index contributed by atoms with van der Waals surface area (Å²) in [5.74, 6) is 1.18. The van der Waals surface area contributed by atoms with E-state index >= 15 is 0 Å². The van der Waals surface area contributed by atoms with Crippen LogP contribution in [0.1, 0.15) is 32.3 Å². The monoisotopic (exact) mass is 393 g/mol. The molecule has 0 spiro atoms. The topological polar surface area (TPSA) is 102 Å². The van der Waals surface area contributed by atoms with Crippen LogP contribution in [0.3, 0.4) is 0 Å². The van der Waals surface area contributed by atoms with Crippen LogP contribution in [0.25, 0.3) is 0 Å². The molecule has 0 aliphatic rings. The molecule has 0 atom stereocenters. The molecule has 2 aromatic carbocycles. The smallest absolute Gasteiger partial charge is 0.353 e. The Morgan fingerprint density at radius 2 is 1.69 bits per heavy atom. The van der Waals surface area contributed by atoms with E-state index < -0.39 is 4.92 Å². The highest BCUT2D eigenvalue weighted by Gasteiger charge is 2.24. The second kappa shape index (κ2) is 9.01. The molecule has 0 saturated heterocycles. The Kier molecular flexibility index (Phi) is 6.23. The summed E-state index contributed by atoms with van der Waals surface area (Å²) in [6.07, 6.45) is 1.28. The third-order valence-corrected chi connectivity index (χ3v) is 4.28. The lowest BCUT2D eigenvalue weighted by molar-refractivity contribution is -0.383. The average Bonchev–Trinajstić information content (AvgIpc) is 2.70. The predicted molar refractivity (Wildman–Crippen MR) is 113 cm³/mol. The van der Waals surface area contributed by atoms with Crippen LogP contribution in [-0.2, 0) is 0 Å². The maximum absolute atomic E-state index is 11.8. The van der Waals surface area contributed by atoms with Gasteiger partial charge in [0.05, 0.1) is 17.2 Å². The summed E-state index contributed by atoms with van der Waals surface area (Å²) in [7, 11) is 0. The number of rotatable bonds is 8. The van der Waals surface area contributed by atoms with Gasteiger partial charge in [-0.05, 0) is 42.7 Å². The third kappa shape index (κ3) is 4.78. The Balaban J connectivity index is 1.93. The minimum Gasteiger partial charge on any atom is -0.492 e. The van der Waals surface area contributed by atoms with Crippen molar-refractivity contribution < 1.29 is 9.66 Å². The van der Waals surface area contributed by atoms with Crippen molar-refractivity contribution >= 4 is 28.7 Å². The fourth-order valence-corrected chi connectivity index (χ4v) is 2.80. The fraction of sp³-hybridized carbons (Fsp3) is 0.238. The number of benzene rings is 2. The lowest BCUT2D eigenvalue weighted by atomic mass is 10.0. The Hall–Kier alpha value is -3.68. The second-order valence-electron chi connectivity index (χ2n) is 6.63. The van der Waals surface area contributed by atoms with Crippen molar-refractivity contribution in [3.8, 4) is 5.75 Å². The predicted octanol–water partition coefficient (Wildman–Crippen LogP) is 5.39. The minimum absolute atomic E-state index is 0.0819. The number of anilines is 4. The molecule has 29 heavy (non-hydrogen) atoms. The largest absolute Gasteiger partial charge is 0.492 e. The molecule has 3 rings (SSSR count). The van der Waals surface area contributed by atoms with Gasteiger partial charge in [0.15, 0.2) is 0 Å². The number of nitro groups is 1. The van der Waals surface area contributed by atoms with E-state index in [1.807, 2.05) is 43.3 Å². The van der Waals surface area contributed by atoms with Gasteiger partial charge in [0, 0.05) is 5.69 Å². The minimum atomic E-state index is -0.504. The molecule has 3 aromatic rings. The van der Waals surface area contributed by atoms with Crippen molar-refractivity contribution in [2.45, 2.75) is 26.7 Å². The molecule has 0 amide bonds. The summed E-state index contributed by atoms with van der Waals surface area (Å²) in [5, 5.41) is 17.8. The zero-order valence-corrected chi connectivity index (χ0v) is 16.5. The Morgan fingerprint density at radius 3 is 2.31 bits per heavy atom. The summed E-state index contributed by atoms with van der Waals surface area (Å²) in [6.45, 7) is 6.56. The molecule has 0 bridgehead atoms. The maximum atomic E-state index is 11.8. The van der Waals surface area contributed by atoms with E-state index in [4.69, 9.17) is 4.74 Å². The molecule has 0 saturated carbocycles. The van der Waals surface area contributed by atoms with Gasteiger partial charge in [0.1, 0.15) is 12.1 Å². The van der Waals surface area contributed by atoms with E-state index in [1.165, 1.54) is 11.9 Å². The zero-order chi connectivity index (χ0) is 20.8. The molecule has 8 nitrogen and oxygen atoms in total. The number of nitrogens with one attached hydrogen (secondary N) is 2. The first-order chi connectivity index (χ1) is 14.0. The zero-order valence-electron chi connectivity index (χ0n) is 16.5. The number of para-hydroxylation sites is 2. The lowest BCUT2D eigenvalue weighted by Gasteiger charge is -2.13. The van der Waals surface area contributed by atoms with Crippen molar-refractivity contribution in [1.82, 2.24) is 9.97 Å². The van der Waals surface area contributed by atoms with Crippen molar-refractivity contribution in [2.75, 3.05) is 17.2 Å². The Bertz CT molecular complexity index is 990. The molecule has 0 unspecified atom stereocenters. The molecule has 150 valence electrons. The van der Waals surface area contributed by atoms with E-state index in [0.717, 1.165) is 0 Å². The van der Waals surface area contributed by atoms with Gasteiger partial charge in [-0.1, -0.05) is 38.1 Å². The van der Waals surface area contributed by atoms with Gasteiger partial charge in [-0.2, -0.15) is 0 Å². The van der Waals surface area contributed by atoms with Crippen molar-refractivity contribution in [3.05, 3.63) is 70.5 Å². The molecule has 0 fully saturated rings. The van der Waals surface area contributed by atoms with E-state index in [-0.39, 0.29) is 17.3 Å². The van der Waals surface area contributed by atoms with Crippen molar-refractivity contribution in [2.24, 2.45) is 0 Å². The number of hydrogen-bond donors (Lipinski definition) is 2. The van der Waals surface area contributed by atoms with Crippen molar-refractivity contribution in [3.63, 3.8) is 0 Å². The first-order valence-corrected chi connectivity index (χ1v) is 9.34. The highest BCUT2D eigenvalue weighted by molar-refractivity contribution is 5.78. The van der Waals surface area contributed by atoms with Crippen LogP contribution in [0, 0.1) is 10.1 Å². The molecule has 0 aliphatic carbocycles. The van der Waals surface area contributed by atoms with Crippen LogP contribution in [0.5, 0.6) is 5.75 Å². The lowest BCUT2D eigenvalue weighted by Crippen LogP contribution is -2.06. The summed E-state index contributed by atoms with van der Waals surface area (Å²) in [4.78, 5) is 19.4. The molecule has 1 aromatic heterocycles. The van der Waals surface area contributed by atoms with Gasteiger partial charge in [-0.25, -0.2) is 9.97 Å². The quantitative estimate of drug-likeness (QED) is 0.390. The van der Waals surface area contributed by atoms with Crippen molar-refractivity contribution in [1.29, 1.82) is 0 Å². The van der Waals surface area contributed by atoms with Crippen LogP contribution in [0.4, 0.5) is 28.7 Å². The molecule has 0 radical (unpaired) electrons. The summed E-state index contributed by atoms with van der Waals surface area (Å²) >= 11 is 0. The van der Waals surface area contributed by atoms with Crippen LogP contribution in [0.2, 0.25) is 0 Å². The van der Waals surface area contributed by atoms with Gasteiger partial charge in [0.2, 0.25) is 11.6 Å². The van der Waals surface area contributed by atoms with Gasteiger partial charge < -0.3 is 15.4 Å². The van der Waals surface area contributed by atoms with Gasteiger partial charge >= 0.3 is 5.69 Å². The molecule has 0 aliphatic heterocycles. The first kappa shape index (κ1) is 20.1. The van der Waals surface area contributed by atoms with E-state index in [2.05, 4.69) is 34.4 Å².